The highest BCUT2D eigenvalue weighted by Crippen LogP contribution is 2.12. The van der Waals surface area contributed by atoms with E-state index in [1.807, 2.05) is 11.7 Å². The van der Waals surface area contributed by atoms with Gasteiger partial charge in [-0.05, 0) is 32.9 Å². The Balaban J connectivity index is 2.02. The lowest BCUT2D eigenvalue weighted by atomic mass is 10.1. The smallest absolute Gasteiger partial charge is 0.0794 e. The normalized spacial score (nSPS) is 11.9. The van der Waals surface area contributed by atoms with Crippen LogP contribution in [-0.2, 0) is 13.1 Å². The van der Waals surface area contributed by atoms with E-state index in [9.17, 15) is 0 Å². The molecule has 0 radical (unpaired) electrons. The summed E-state index contributed by atoms with van der Waals surface area (Å²) in [6.45, 7) is 8.37. The van der Waals surface area contributed by atoms with Crippen LogP contribution in [0.25, 0.3) is 0 Å². The molecule has 17 heavy (non-hydrogen) atoms. The molecule has 0 amide bonds. The largest absolute Gasteiger partial charge is 0.345 e. The molecule has 4 heteroatoms. The van der Waals surface area contributed by atoms with E-state index < -0.39 is 0 Å². The molecule has 0 bridgehead atoms. The zero-order chi connectivity index (χ0) is 12.3. The Hall–Kier alpha value is -1.13. The number of thiazole rings is 1. The second-order valence-corrected chi connectivity index (χ2v) is 6.17. The molecule has 0 saturated heterocycles. The van der Waals surface area contributed by atoms with Crippen molar-refractivity contribution >= 4 is 11.3 Å². The topological polar surface area (TPSA) is 29.9 Å². The second-order valence-electron chi connectivity index (χ2n) is 5.20. The molecule has 2 heterocycles. The van der Waals surface area contributed by atoms with Crippen molar-refractivity contribution in [3.05, 3.63) is 40.6 Å². The van der Waals surface area contributed by atoms with Crippen molar-refractivity contribution in [2.24, 2.45) is 0 Å². The Morgan fingerprint density at radius 3 is 2.88 bits per heavy atom. The minimum Gasteiger partial charge on any atom is -0.345 e. The van der Waals surface area contributed by atoms with E-state index in [0.29, 0.717) is 0 Å². The van der Waals surface area contributed by atoms with Crippen LogP contribution in [0.2, 0.25) is 0 Å². The molecule has 0 atom stereocenters. The molecule has 0 aliphatic carbocycles. The first-order valence-corrected chi connectivity index (χ1v) is 6.69. The molecule has 92 valence electrons. The van der Waals surface area contributed by atoms with E-state index in [2.05, 4.69) is 54.0 Å². The van der Waals surface area contributed by atoms with Gasteiger partial charge in [0.05, 0.1) is 12.1 Å². The van der Waals surface area contributed by atoms with Gasteiger partial charge in [0.25, 0.3) is 0 Å². The first kappa shape index (κ1) is 12.3. The van der Waals surface area contributed by atoms with Crippen molar-refractivity contribution in [2.45, 2.75) is 39.4 Å². The Kier molecular flexibility index (Phi) is 3.64. The zero-order valence-electron chi connectivity index (χ0n) is 10.6. The summed E-state index contributed by atoms with van der Waals surface area (Å²) in [5.41, 5.74) is 3.35. The molecule has 0 aromatic carbocycles. The maximum atomic E-state index is 4.11. The third-order valence-corrected chi connectivity index (χ3v) is 3.30. The van der Waals surface area contributed by atoms with Gasteiger partial charge >= 0.3 is 0 Å². The molecule has 0 aliphatic rings. The van der Waals surface area contributed by atoms with Crippen LogP contribution in [0, 0.1) is 0 Å². The van der Waals surface area contributed by atoms with Crippen LogP contribution in [0.1, 0.15) is 31.3 Å². The molecule has 1 N–H and O–H groups in total. The fraction of sp³-hybridized carbons (Fsp3) is 0.462. The maximum Gasteiger partial charge on any atom is 0.0794 e. The summed E-state index contributed by atoms with van der Waals surface area (Å²) in [5.74, 6) is 0. The monoisotopic (exact) mass is 249 g/mol. The molecule has 0 unspecified atom stereocenters. The van der Waals surface area contributed by atoms with Crippen molar-refractivity contribution in [3.63, 3.8) is 0 Å². The van der Waals surface area contributed by atoms with Crippen LogP contribution in [0.15, 0.2) is 30.0 Å². The summed E-state index contributed by atoms with van der Waals surface area (Å²) in [6.07, 6.45) is 4.06. The van der Waals surface area contributed by atoms with Gasteiger partial charge in [-0.25, -0.2) is 0 Å². The van der Waals surface area contributed by atoms with Crippen LogP contribution in [0.5, 0.6) is 0 Å². The van der Waals surface area contributed by atoms with Crippen molar-refractivity contribution in [1.82, 2.24) is 14.9 Å². The molecular formula is C13H19N3S. The summed E-state index contributed by atoms with van der Waals surface area (Å²) in [5, 5.41) is 3.51. The van der Waals surface area contributed by atoms with Crippen molar-refractivity contribution in [3.8, 4) is 0 Å². The van der Waals surface area contributed by atoms with Crippen molar-refractivity contribution in [2.75, 3.05) is 0 Å². The van der Waals surface area contributed by atoms with E-state index in [1.165, 1.54) is 10.6 Å². The summed E-state index contributed by atoms with van der Waals surface area (Å²) in [7, 11) is 0. The lowest BCUT2D eigenvalue weighted by molar-refractivity contribution is 0.417. The van der Waals surface area contributed by atoms with E-state index in [-0.39, 0.29) is 5.54 Å². The Bertz CT molecular complexity index is 451. The first-order chi connectivity index (χ1) is 8.04. The van der Waals surface area contributed by atoms with Gasteiger partial charge in [-0.15, -0.1) is 11.3 Å². The van der Waals surface area contributed by atoms with Gasteiger partial charge in [-0.3, -0.25) is 4.98 Å². The van der Waals surface area contributed by atoms with Crippen LogP contribution >= 0.6 is 11.3 Å². The number of hydrogen-bond acceptors (Lipinski definition) is 3. The molecule has 3 nitrogen and oxygen atoms in total. The number of rotatable bonds is 4. The van der Waals surface area contributed by atoms with Gasteiger partial charge in [0.2, 0.25) is 0 Å². The Morgan fingerprint density at radius 2 is 2.24 bits per heavy atom. The van der Waals surface area contributed by atoms with Crippen molar-refractivity contribution < 1.29 is 0 Å². The predicted octanol–water partition coefficient (Wildman–Crippen LogP) is 2.88. The van der Waals surface area contributed by atoms with E-state index in [0.717, 1.165) is 13.1 Å². The minimum absolute atomic E-state index is 0.152. The van der Waals surface area contributed by atoms with Crippen LogP contribution in [0.3, 0.4) is 0 Å². The molecule has 0 fully saturated rings. The van der Waals surface area contributed by atoms with Crippen LogP contribution in [0.4, 0.5) is 0 Å². The van der Waals surface area contributed by atoms with Gasteiger partial charge in [0.1, 0.15) is 0 Å². The maximum absolute atomic E-state index is 4.11. The van der Waals surface area contributed by atoms with Gasteiger partial charge in [-0.2, -0.15) is 0 Å². The molecule has 2 aromatic rings. The summed E-state index contributed by atoms with van der Waals surface area (Å²) < 4.78 is 2.27. The number of aromatic nitrogens is 2. The zero-order valence-corrected chi connectivity index (χ0v) is 11.4. The van der Waals surface area contributed by atoms with Crippen molar-refractivity contribution in [1.29, 1.82) is 0 Å². The lowest BCUT2D eigenvalue weighted by Crippen LogP contribution is -2.35. The first-order valence-electron chi connectivity index (χ1n) is 5.81. The van der Waals surface area contributed by atoms with Gasteiger partial charge in [-0.1, -0.05) is 0 Å². The highest BCUT2D eigenvalue weighted by atomic mass is 32.1. The highest BCUT2D eigenvalue weighted by molar-refractivity contribution is 7.09. The summed E-state index contributed by atoms with van der Waals surface area (Å²) >= 11 is 1.70. The fourth-order valence-corrected chi connectivity index (χ4v) is 2.20. The lowest BCUT2D eigenvalue weighted by Gasteiger charge is -2.21. The number of hydrogen-bond donors (Lipinski definition) is 1. The number of nitrogens with one attached hydrogen (secondary N) is 1. The fourth-order valence-electron chi connectivity index (χ4n) is 1.61. The molecule has 2 aromatic heterocycles. The second kappa shape index (κ2) is 5.02. The van der Waals surface area contributed by atoms with Crippen LogP contribution < -0.4 is 5.32 Å². The minimum atomic E-state index is 0.152. The van der Waals surface area contributed by atoms with Gasteiger partial charge in [0, 0.05) is 35.0 Å². The Morgan fingerprint density at radius 1 is 1.41 bits per heavy atom. The average Bonchev–Trinajstić information content (AvgIpc) is 2.86. The molecule has 0 spiro atoms. The van der Waals surface area contributed by atoms with Crippen LogP contribution in [-0.4, -0.2) is 15.1 Å². The van der Waals surface area contributed by atoms with Gasteiger partial charge in [0.15, 0.2) is 0 Å². The molecule has 2 rings (SSSR count). The van der Waals surface area contributed by atoms with E-state index in [4.69, 9.17) is 0 Å². The van der Waals surface area contributed by atoms with E-state index in [1.54, 1.807) is 11.3 Å². The highest BCUT2D eigenvalue weighted by Gasteiger charge is 2.10. The molecule has 0 aliphatic heterocycles. The molecule has 0 saturated carbocycles. The SMILES string of the molecule is CC(C)(C)NCc1cccn1Cc1cncs1. The third-order valence-electron chi connectivity index (χ3n) is 2.53. The standard InChI is InChI=1S/C13H19N3S/c1-13(2,3)15-7-11-5-4-6-16(11)9-12-8-14-10-17-12/h4-6,8,10,15H,7,9H2,1-3H3. The molecular weight excluding hydrogens is 230 g/mol. The number of nitrogens with zero attached hydrogens (tertiary/aromatic N) is 2. The summed E-state index contributed by atoms with van der Waals surface area (Å²) in [6, 6.07) is 4.26. The summed E-state index contributed by atoms with van der Waals surface area (Å²) in [4.78, 5) is 5.40. The van der Waals surface area contributed by atoms with Gasteiger partial charge < -0.3 is 9.88 Å². The third kappa shape index (κ3) is 3.68. The average molecular weight is 249 g/mol. The Labute approximate surface area is 107 Å². The van der Waals surface area contributed by atoms with E-state index >= 15 is 0 Å². The predicted molar refractivity (Wildman–Crippen MR) is 72.2 cm³/mol. The quantitative estimate of drug-likeness (QED) is 0.903.